The summed E-state index contributed by atoms with van der Waals surface area (Å²) in [5, 5.41) is 3.85. The summed E-state index contributed by atoms with van der Waals surface area (Å²) in [6, 6.07) is 4.87. The molecule has 0 aliphatic rings. The molecule has 3 aromatic rings. The first-order valence-electron chi connectivity index (χ1n) is 6.22. The van der Waals surface area contributed by atoms with Gasteiger partial charge in [-0.2, -0.15) is 0 Å². The third-order valence-corrected chi connectivity index (χ3v) is 3.75. The van der Waals surface area contributed by atoms with Crippen LogP contribution in [-0.2, 0) is 0 Å². The molecule has 0 spiro atoms. The molecule has 1 N–H and O–H groups in total. The van der Waals surface area contributed by atoms with E-state index in [1.165, 1.54) is 12.3 Å². The Morgan fingerprint density at radius 2 is 2.00 bits per heavy atom. The molecule has 0 radical (unpaired) electrons. The number of nitrogens with zero attached hydrogens (tertiary/aromatic N) is 3. The van der Waals surface area contributed by atoms with Crippen LogP contribution >= 0.6 is 34.8 Å². The lowest BCUT2D eigenvalue weighted by atomic mass is 10.3. The van der Waals surface area contributed by atoms with E-state index in [0.29, 0.717) is 27.1 Å². The van der Waals surface area contributed by atoms with Crippen molar-refractivity contribution in [3.8, 4) is 0 Å². The maximum Gasteiger partial charge on any atom is 0.275 e. The van der Waals surface area contributed by atoms with Crippen LogP contribution < -0.4 is 5.32 Å². The van der Waals surface area contributed by atoms with E-state index < -0.39 is 0 Å². The Bertz CT molecular complexity index is 891. The van der Waals surface area contributed by atoms with Crippen molar-refractivity contribution in [1.29, 1.82) is 0 Å². The molecule has 112 valence electrons. The Morgan fingerprint density at radius 1 is 1.23 bits per heavy atom. The van der Waals surface area contributed by atoms with Crippen molar-refractivity contribution in [2.45, 2.75) is 6.92 Å². The second-order valence-corrected chi connectivity index (χ2v) is 5.84. The molecule has 3 rings (SSSR count). The number of carbonyl (C=O) groups excluding carboxylic acids is 1. The second kappa shape index (κ2) is 5.76. The van der Waals surface area contributed by atoms with Gasteiger partial charge in [-0.05, 0) is 19.1 Å². The molecule has 8 heteroatoms. The largest absolute Gasteiger partial charge is 0.304 e. The summed E-state index contributed by atoms with van der Waals surface area (Å²) in [4.78, 5) is 20.8. The van der Waals surface area contributed by atoms with E-state index in [0.717, 1.165) is 0 Å². The molecule has 3 aromatic heterocycles. The van der Waals surface area contributed by atoms with Crippen molar-refractivity contribution in [3.05, 3.63) is 57.0 Å². The van der Waals surface area contributed by atoms with E-state index in [9.17, 15) is 4.79 Å². The number of imidazole rings is 1. The number of nitrogens with one attached hydrogen (secondary N) is 1. The monoisotopic (exact) mass is 354 g/mol. The fourth-order valence-electron chi connectivity index (χ4n) is 2.08. The number of rotatable bonds is 2. The number of carbonyl (C=O) groups is 1. The molecule has 3 heterocycles. The molecule has 0 saturated carbocycles. The van der Waals surface area contributed by atoms with Gasteiger partial charge >= 0.3 is 0 Å². The molecule has 0 unspecified atom stereocenters. The van der Waals surface area contributed by atoms with E-state index >= 15 is 0 Å². The summed E-state index contributed by atoms with van der Waals surface area (Å²) in [6.45, 7) is 1.74. The van der Waals surface area contributed by atoms with E-state index in [2.05, 4.69) is 15.3 Å². The van der Waals surface area contributed by atoms with Crippen molar-refractivity contribution in [2.24, 2.45) is 0 Å². The lowest BCUT2D eigenvalue weighted by Crippen LogP contribution is -2.16. The normalized spacial score (nSPS) is 10.9. The van der Waals surface area contributed by atoms with Crippen LogP contribution in [0.1, 0.15) is 16.2 Å². The van der Waals surface area contributed by atoms with Gasteiger partial charge in [-0.15, -0.1) is 0 Å². The van der Waals surface area contributed by atoms with Crippen LogP contribution in [0.5, 0.6) is 0 Å². The fourth-order valence-corrected chi connectivity index (χ4v) is 2.67. The number of anilines is 1. The highest BCUT2D eigenvalue weighted by Crippen LogP contribution is 2.24. The van der Waals surface area contributed by atoms with Gasteiger partial charge in [0, 0.05) is 23.5 Å². The minimum absolute atomic E-state index is 0.236. The number of hydrogen-bond acceptors (Lipinski definition) is 3. The molecule has 22 heavy (non-hydrogen) atoms. The molecule has 1 amide bonds. The van der Waals surface area contributed by atoms with Crippen LogP contribution in [0.15, 0.2) is 30.6 Å². The number of aryl methyl sites for hydroxylation is 1. The zero-order chi connectivity index (χ0) is 15.9. The van der Waals surface area contributed by atoms with Crippen molar-refractivity contribution in [1.82, 2.24) is 14.4 Å². The molecular formula is C14H9Cl3N4O. The Hall–Kier alpha value is -1.82. The van der Waals surface area contributed by atoms with Gasteiger partial charge in [-0.1, -0.05) is 34.8 Å². The number of halogens is 3. The zero-order valence-corrected chi connectivity index (χ0v) is 13.5. The molecule has 0 aromatic carbocycles. The summed E-state index contributed by atoms with van der Waals surface area (Å²) in [5.41, 5.74) is 1.55. The molecule has 0 atom stereocenters. The molecule has 0 bridgehead atoms. The average molecular weight is 356 g/mol. The summed E-state index contributed by atoms with van der Waals surface area (Å²) < 4.78 is 1.65. The van der Waals surface area contributed by atoms with Crippen LogP contribution in [0.25, 0.3) is 5.65 Å². The van der Waals surface area contributed by atoms with Gasteiger partial charge in [-0.3, -0.25) is 9.20 Å². The second-order valence-electron chi connectivity index (χ2n) is 4.56. The smallest absolute Gasteiger partial charge is 0.275 e. The van der Waals surface area contributed by atoms with Gasteiger partial charge in [-0.25, -0.2) is 9.97 Å². The highest BCUT2D eigenvalue weighted by atomic mass is 35.5. The molecule has 0 aliphatic heterocycles. The summed E-state index contributed by atoms with van der Waals surface area (Å²) in [6.07, 6.45) is 3.09. The van der Waals surface area contributed by atoms with E-state index in [-0.39, 0.29) is 16.7 Å². The standard InChI is InChI=1S/C14H9Cl3N4O/c1-7-12(21-3-2-8(15)5-11(21)19-7)14(22)20-13-10(17)4-9(16)6-18-13/h2-6H,1H3,(H,18,20,22). The first-order valence-corrected chi connectivity index (χ1v) is 7.35. The third-order valence-electron chi connectivity index (χ3n) is 3.02. The molecular weight excluding hydrogens is 347 g/mol. The summed E-state index contributed by atoms with van der Waals surface area (Å²) in [5.74, 6) is -0.136. The minimum Gasteiger partial charge on any atom is -0.304 e. The average Bonchev–Trinajstić information content (AvgIpc) is 2.76. The molecule has 0 aliphatic carbocycles. The van der Waals surface area contributed by atoms with Crippen LogP contribution in [-0.4, -0.2) is 20.3 Å². The predicted molar refractivity (Wildman–Crippen MR) is 87.1 cm³/mol. The molecule has 5 nitrogen and oxygen atoms in total. The predicted octanol–water partition coefficient (Wildman–Crippen LogP) is 4.25. The van der Waals surface area contributed by atoms with Gasteiger partial charge in [0.05, 0.1) is 15.7 Å². The highest BCUT2D eigenvalue weighted by molar-refractivity contribution is 6.36. The van der Waals surface area contributed by atoms with Crippen molar-refractivity contribution in [3.63, 3.8) is 0 Å². The van der Waals surface area contributed by atoms with Gasteiger partial charge in [0.15, 0.2) is 5.82 Å². The number of pyridine rings is 2. The van der Waals surface area contributed by atoms with Gasteiger partial charge in [0.2, 0.25) is 0 Å². The van der Waals surface area contributed by atoms with Crippen molar-refractivity contribution >= 4 is 52.2 Å². The van der Waals surface area contributed by atoms with Crippen LogP contribution in [0.3, 0.4) is 0 Å². The fraction of sp³-hybridized carbons (Fsp3) is 0.0714. The highest BCUT2D eigenvalue weighted by Gasteiger charge is 2.18. The van der Waals surface area contributed by atoms with E-state index in [4.69, 9.17) is 34.8 Å². The van der Waals surface area contributed by atoms with Gasteiger partial charge in [0.25, 0.3) is 5.91 Å². The van der Waals surface area contributed by atoms with E-state index in [1.54, 1.807) is 29.7 Å². The summed E-state index contributed by atoms with van der Waals surface area (Å²) in [7, 11) is 0. The molecule has 0 fully saturated rings. The number of hydrogen-bond donors (Lipinski definition) is 1. The first kappa shape index (κ1) is 15.1. The minimum atomic E-state index is -0.371. The zero-order valence-electron chi connectivity index (χ0n) is 11.3. The third kappa shape index (κ3) is 2.75. The van der Waals surface area contributed by atoms with E-state index in [1.807, 2.05) is 0 Å². The Kier molecular flexibility index (Phi) is 3.95. The van der Waals surface area contributed by atoms with Crippen LogP contribution in [0.4, 0.5) is 5.82 Å². The topological polar surface area (TPSA) is 59.3 Å². The quantitative estimate of drug-likeness (QED) is 0.747. The Morgan fingerprint density at radius 3 is 2.73 bits per heavy atom. The van der Waals surface area contributed by atoms with Gasteiger partial charge in [0.1, 0.15) is 11.3 Å². The number of aromatic nitrogens is 3. The van der Waals surface area contributed by atoms with Crippen LogP contribution in [0.2, 0.25) is 15.1 Å². The lowest BCUT2D eigenvalue weighted by molar-refractivity contribution is 0.102. The SMILES string of the molecule is Cc1nc2cc(Cl)ccn2c1C(=O)Nc1ncc(Cl)cc1Cl. The number of fused-ring (bicyclic) bond motifs is 1. The molecule has 0 saturated heterocycles. The maximum absolute atomic E-state index is 12.5. The maximum atomic E-state index is 12.5. The number of amides is 1. The lowest BCUT2D eigenvalue weighted by Gasteiger charge is -2.07. The van der Waals surface area contributed by atoms with Crippen molar-refractivity contribution in [2.75, 3.05) is 5.32 Å². The van der Waals surface area contributed by atoms with Crippen LogP contribution in [0, 0.1) is 6.92 Å². The Labute approximate surface area is 140 Å². The van der Waals surface area contributed by atoms with Gasteiger partial charge < -0.3 is 5.32 Å². The Balaban J connectivity index is 2.00. The van der Waals surface area contributed by atoms with Crippen molar-refractivity contribution < 1.29 is 4.79 Å². The summed E-state index contributed by atoms with van der Waals surface area (Å²) >= 11 is 17.7. The first-order chi connectivity index (χ1) is 10.5.